The summed E-state index contributed by atoms with van der Waals surface area (Å²) < 4.78 is 5.94. The first-order chi connectivity index (χ1) is 10.1. The highest BCUT2D eigenvalue weighted by Crippen LogP contribution is 2.21. The number of rotatable bonds is 3. The summed E-state index contributed by atoms with van der Waals surface area (Å²) in [4.78, 5) is 0. The minimum absolute atomic E-state index is 0.324. The van der Waals surface area contributed by atoms with E-state index in [1.54, 1.807) is 0 Å². The molecule has 108 valence electrons. The highest BCUT2D eigenvalue weighted by atomic mass is 35.5. The maximum atomic E-state index is 5.94. The highest BCUT2D eigenvalue weighted by Gasteiger charge is 2.03. The van der Waals surface area contributed by atoms with Crippen LogP contribution in [0.5, 0.6) is 5.75 Å². The predicted octanol–water partition coefficient (Wildman–Crippen LogP) is 4.78. The summed E-state index contributed by atoms with van der Waals surface area (Å²) in [5.41, 5.74) is 5.72. The van der Waals surface area contributed by atoms with E-state index < -0.39 is 0 Å². The average molecular weight is 299 g/mol. The number of halogens is 1. The van der Waals surface area contributed by atoms with Crippen LogP contribution in [0.2, 0.25) is 0 Å². The van der Waals surface area contributed by atoms with Crippen molar-refractivity contribution in [2.45, 2.75) is 27.4 Å². The van der Waals surface area contributed by atoms with Gasteiger partial charge in [0, 0.05) is 0 Å². The molecule has 1 nitrogen and oxygen atoms in total. The van der Waals surface area contributed by atoms with Crippen LogP contribution >= 0.6 is 11.6 Å². The van der Waals surface area contributed by atoms with Crippen molar-refractivity contribution < 1.29 is 4.74 Å². The van der Waals surface area contributed by atoms with Crippen molar-refractivity contribution in [3.8, 4) is 17.6 Å². The van der Waals surface area contributed by atoms with Gasteiger partial charge in [0.15, 0.2) is 0 Å². The van der Waals surface area contributed by atoms with Gasteiger partial charge in [-0.05, 0) is 44.0 Å². The summed E-state index contributed by atoms with van der Waals surface area (Å²) >= 11 is 5.64. The van der Waals surface area contributed by atoms with Gasteiger partial charge >= 0.3 is 0 Å². The molecule has 0 atom stereocenters. The molecule has 0 aliphatic rings. The first kappa shape index (κ1) is 15.5. The van der Waals surface area contributed by atoms with E-state index >= 15 is 0 Å². The summed E-state index contributed by atoms with van der Waals surface area (Å²) in [6.45, 7) is 6.78. The third-order valence-corrected chi connectivity index (χ3v) is 3.23. The molecule has 0 fully saturated rings. The molecule has 2 heteroatoms. The van der Waals surface area contributed by atoms with E-state index in [0.29, 0.717) is 12.5 Å². The second kappa shape index (κ2) is 7.20. The smallest absolute Gasteiger partial charge is 0.135 e. The van der Waals surface area contributed by atoms with Crippen molar-refractivity contribution in [1.29, 1.82) is 0 Å². The zero-order valence-electron chi connectivity index (χ0n) is 12.7. The van der Waals surface area contributed by atoms with Crippen LogP contribution in [0.25, 0.3) is 0 Å². The molecule has 0 unspecified atom stereocenters. The van der Waals surface area contributed by atoms with Crippen LogP contribution in [0, 0.1) is 32.6 Å². The van der Waals surface area contributed by atoms with Gasteiger partial charge in [0.05, 0.1) is 11.4 Å². The number of ether oxygens (including phenoxy) is 1. The zero-order chi connectivity index (χ0) is 15.2. The van der Waals surface area contributed by atoms with E-state index in [1.807, 2.05) is 25.1 Å². The minimum Gasteiger partial charge on any atom is -0.488 e. The molecule has 2 rings (SSSR count). The van der Waals surface area contributed by atoms with Crippen molar-refractivity contribution in [2.75, 3.05) is 5.88 Å². The van der Waals surface area contributed by atoms with E-state index in [4.69, 9.17) is 16.3 Å². The van der Waals surface area contributed by atoms with E-state index in [2.05, 4.69) is 43.9 Å². The number of benzene rings is 2. The molecule has 0 bridgehead atoms. The molecule has 0 saturated carbocycles. The standard InChI is InChI=1S/C19H19ClO/c1-14-6-7-19(18(12-14)5-4-8-20)21-13-17-10-15(2)9-16(3)11-17/h6-7,9-12H,8,13H2,1-3H3. The summed E-state index contributed by atoms with van der Waals surface area (Å²) in [5.74, 6) is 7.07. The molecule has 0 radical (unpaired) electrons. The molecular weight excluding hydrogens is 280 g/mol. The van der Waals surface area contributed by atoms with Gasteiger partial charge in [-0.1, -0.05) is 47.2 Å². The number of alkyl halides is 1. The second-order valence-corrected chi connectivity index (χ2v) is 5.49. The molecule has 0 N–H and O–H groups in total. The van der Waals surface area contributed by atoms with E-state index in [-0.39, 0.29) is 0 Å². The number of aryl methyl sites for hydroxylation is 3. The predicted molar refractivity (Wildman–Crippen MR) is 89.0 cm³/mol. The summed E-state index contributed by atoms with van der Waals surface area (Å²) in [7, 11) is 0. The summed E-state index contributed by atoms with van der Waals surface area (Å²) in [5, 5.41) is 0. The second-order valence-electron chi connectivity index (χ2n) is 5.22. The third kappa shape index (κ3) is 4.55. The fourth-order valence-electron chi connectivity index (χ4n) is 2.31. The van der Waals surface area contributed by atoms with Crippen LogP contribution in [0.3, 0.4) is 0 Å². The van der Waals surface area contributed by atoms with E-state index in [1.165, 1.54) is 16.7 Å². The average Bonchev–Trinajstić information content (AvgIpc) is 2.43. The van der Waals surface area contributed by atoms with E-state index in [9.17, 15) is 0 Å². The Morgan fingerprint density at radius 3 is 2.33 bits per heavy atom. The van der Waals surface area contributed by atoms with Crippen LogP contribution in [0.4, 0.5) is 0 Å². The third-order valence-electron chi connectivity index (χ3n) is 3.10. The lowest BCUT2D eigenvalue weighted by Crippen LogP contribution is -1.98. The molecule has 0 spiro atoms. The SMILES string of the molecule is Cc1cc(C)cc(COc2ccc(C)cc2C#CCCl)c1. The van der Waals surface area contributed by atoms with Gasteiger partial charge in [0.2, 0.25) is 0 Å². The lowest BCUT2D eigenvalue weighted by Gasteiger charge is -2.10. The Bertz CT molecular complexity index is 672. The Morgan fingerprint density at radius 2 is 1.67 bits per heavy atom. The summed E-state index contributed by atoms with van der Waals surface area (Å²) in [6, 6.07) is 12.5. The normalized spacial score (nSPS) is 9.90. The Morgan fingerprint density at radius 1 is 0.952 bits per heavy atom. The molecule has 0 aromatic heterocycles. The van der Waals surface area contributed by atoms with Crippen LogP contribution < -0.4 is 4.74 Å². The Hall–Kier alpha value is -1.91. The first-order valence-corrected chi connectivity index (χ1v) is 7.47. The largest absolute Gasteiger partial charge is 0.488 e. The maximum absolute atomic E-state index is 5.94. The van der Waals surface area contributed by atoms with Gasteiger partial charge in [0.25, 0.3) is 0 Å². The van der Waals surface area contributed by atoms with Crippen molar-refractivity contribution in [1.82, 2.24) is 0 Å². The molecular formula is C19H19ClO. The monoisotopic (exact) mass is 298 g/mol. The Balaban J connectivity index is 2.19. The van der Waals surface area contributed by atoms with Gasteiger partial charge in [-0.25, -0.2) is 0 Å². The molecule has 0 saturated heterocycles. The lowest BCUT2D eigenvalue weighted by molar-refractivity contribution is 0.305. The molecule has 0 amide bonds. The molecule has 2 aromatic carbocycles. The van der Waals surface area contributed by atoms with Crippen LogP contribution in [-0.2, 0) is 6.61 Å². The molecule has 21 heavy (non-hydrogen) atoms. The van der Waals surface area contributed by atoms with E-state index in [0.717, 1.165) is 16.9 Å². The quantitative estimate of drug-likeness (QED) is 0.585. The molecule has 0 aliphatic heterocycles. The topological polar surface area (TPSA) is 9.23 Å². The van der Waals surface area contributed by atoms with Crippen LogP contribution in [0.1, 0.15) is 27.8 Å². The maximum Gasteiger partial charge on any atom is 0.135 e. The van der Waals surface area contributed by atoms with Gasteiger partial charge in [-0.2, -0.15) is 0 Å². The minimum atomic E-state index is 0.324. The van der Waals surface area contributed by atoms with Gasteiger partial charge < -0.3 is 4.74 Å². The Labute approximate surface area is 131 Å². The number of hydrogen-bond donors (Lipinski definition) is 0. The van der Waals surface area contributed by atoms with Crippen molar-refractivity contribution >= 4 is 11.6 Å². The van der Waals surface area contributed by atoms with Crippen LogP contribution in [0.15, 0.2) is 36.4 Å². The first-order valence-electron chi connectivity index (χ1n) is 6.94. The van der Waals surface area contributed by atoms with Gasteiger partial charge in [-0.15, -0.1) is 11.6 Å². The molecule has 0 heterocycles. The van der Waals surface area contributed by atoms with Gasteiger partial charge in [0.1, 0.15) is 12.4 Å². The van der Waals surface area contributed by atoms with Crippen molar-refractivity contribution in [2.24, 2.45) is 0 Å². The molecule has 2 aromatic rings. The van der Waals surface area contributed by atoms with Crippen LogP contribution in [-0.4, -0.2) is 5.88 Å². The zero-order valence-corrected chi connectivity index (χ0v) is 13.4. The summed E-state index contributed by atoms with van der Waals surface area (Å²) in [6.07, 6.45) is 0. The fourth-order valence-corrected chi connectivity index (χ4v) is 2.38. The highest BCUT2D eigenvalue weighted by molar-refractivity contribution is 6.19. The van der Waals surface area contributed by atoms with Gasteiger partial charge in [-0.3, -0.25) is 0 Å². The number of hydrogen-bond acceptors (Lipinski definition) is 1. The Kier molecular flexibility index (Phi) is 5.31. The van der Waals surface area contributed by atoms with Crippen molar-refractivity contribution in [3.05, 3.63) is 64.2 Å². The molecule has 0 aliphatic carbocycles. The lowest BCUT2D eigenvalue weighted by atomic mass is 10.1. The fraction of sp³-hybridized carbons (Fsp3) is 0.263. The van der Waals surface area contributed by atoms with Crippen molar-refractivity contribution in [3.63, 3.8) is 0 Å².